The maximum Gasteiger partial charge on any atom is 0.146 e. The fourth-order valence-corrected chi connectivity index (χ4v) is 2.14. The Morgan fingerprint density at radius 1 is 1.42 bits per heavy atom. The molecule has 2 N–H and O–H groups in total. The Morgan fingerprint density at radius 2 is 2.16 bits per heavy atom. The van der Waals surface area contributed by atoms with Gasteiger partial charge >= 0.3 is 0 Å². The van der Waals surface area contributed by atoms with Crippen molar-refractivity contribution in [3.8, 4) is 16.9 Å². The number of nitrogens with two attached hydrogens (primary N) is 1. The van der Waals surface area contributed by atoms with Gasteiger partial charge in [-0.1, -0.05) is 11.6 Å². The van der Waals surface area contributed by atoms with Crippen LogP contribution < -0.4 is 10.5 Å². The molecule has 3 rings (SSSR count). The Kier molecular flexibility index (Phi) is 2.86. The van der Waals surface area contributed by atoms with Crippen LogP contribution in [0.3, 0.4) is 0 Å². The number of nitrogens with zero attached hydrogens (tertiary/aromatic N) is 2. The van der Waals surface area contributed by atoms with Gasteiger partial charge in [0.05, 0.1) is 17.3 Å². The summed E-state index contributed by atoms with van der Waals surface area (Å²) in [5, 5.41) is 4.31. The lowest BCUT2D eigenvalue weighted by Crippen LogP contribution is -2.01. The monoisotopic (exact) mass is 281 g/mol. The van der Waals surface area contributed by atoms with Crippen LogP contribution in [0.4, 0.5) is 10.2 Å². The first-order chi connectivity index (χ1) is 9.06. The van der Waals surface area contributed by atoms with Crippen molar-refractivity contribution in [2.75, 3.05) is 5.73 Å². The van der Waals surface area contributed by atoms with Crippen LogP contribution in [0.25, 0.3) is 11.1 Å². The minimum absolute atomic E-state index is 0.166. The smallest absolute Gasteiger partial charge is 0.146 e. The van der Waals surface area contributed by atoms with Crippen LogP contribution in [-0.2, 0) is 7.05 Å². The van der Waals surface area contributed by atoms with Crippen molar-refractivity contribution in [2.24, 2.45) is 7.05 Å². The van der Waals surface area contributed by atoms with Crippen LogP contribution in [0.2, 0.25) is 5.02 Å². The molecular formula is C13H13ClFN3O. The van der Waals surface area contributed by atoms with Crippen LogP contribution in [0.5, 0.6) is 5.75 Å². The molecule has 1 saturated carbocycles. The summed E-state index contributed by atoms with van der Waals surface area (Å²) < 4.78 is 20.9. The van der Waals surface area contributed by atoms with Crippen molar-refractivity contribution in [1.29, 1.82) is 0 Å². The average Bonchev–Trinajstić information content (AvgIpc) is 3.11. The number of ether oxygens (including phenoxy) is 1. The number of aryl methyl sites for hydroxylation is 1. The summed E-state index contributed by atoms with van der Waals surface area (Å²) in [6, 6.07) is 2.62. The van der Waals surface area contributed by atoms with Gasteiger partial charge < -0.3 is 10.5 Å². The highest BCUT2D eigenvalue weighted by molar-refractivity contribution is 6.32. The van der Waals surface area contributed by atoms with Gasteiger partial charge in [-0.3, -0.25) is 4.68 Å². The summed E-state index contributed by atoms with van der Waals surface area (Å²) in [4.78, 5) is 0. The fourth-order valence-electron chi connectivity index (χ4n) is 1.89. The van der Waals surface area contributed by atoms with E-state index in [1.54, 1.807) is 13.2 Å². The summed E-state index contributed by atoms with van der Waals surface area (Å²) in [5.41, 5.74) is 7.10. The fraction of sp³-hybridized carbons (Fsp3) is 0.308. The Balaban J connectivity index is 2.14. The maximum atomic E-state index is 13.6. The number of benzene rings is 1. The van der Waals surface area contributed by atoms with Crippen molar-refractivity contribution in [3.05, 3.63) is 29.2 Å². The second-order valence-corrected chi connectivity index (χ2v) is 5.06. The Labute approximate surface area is 114 Å². The molecule has 19 heavy (non-hydrogen) atoms. The second-order valence-electron chi connectivity index (χ2n) is 4.65. The highest BCUT2D eigenvalue weighted by atomic mass is 35.5. The van der Waals surface area contributed by atoms with Crippen LogP contribution >= 0.6 is 11.6 Å². The maximum absolute atomic E-state index is 13.6. The Morgan fingerprint density at radius 3 is 2.74 bits per heavy atom. The van der Waals surface area contributed by atoms with Gasteiger partial charge in [0.2, 0.25) is 0 Å². The largest absolute Gasteiger partial charge is 0.488 e. The van der Waals surface area contributed by atoms with E-state index in [0.717, 1.165) is 12.8 Å². The van der Waals surface area contributed by atoms with Crippen molar-refractivity contribution < 1.29 is 9.13 Å². The van der Waals surface area contributed by atoms with Crippen molar-refractivity contribution in [3.63, 3.8) is 0 Å². The van der Waals surface area contributed by atoms with E-state index in [1.165, 1.54) is 16.8 Å². The Hall–Kier alpha value is -1.75. The number of hydrogen-bond acceptors (Lipinski definition) is 3. The van der Waals surface area contributed by atoms with Crippen LogP contribution in [0, 0.1) is 5.82 Å². The highest BCUT2D eigenvalue weighted by Gasteiger charge is 2.27. The topological polar surface area (TPSA) is 53.1 Å². The number of anilines is 1. The van der Waals surface area contributed by atoms with Gasteiger partial charge in [0.15, 0.2) is 0 Å². The molecule has 0 aliphatic heterocycles. The number of rotatable bonds is 3. The van der Waals surface area contributed by atoms with Crippen molar-refractivity contribution >= 4 is 17.4 Å². The molecule has 0 spiro atoms. The van der Waals surface area contributed by atoms with Gasteiger partial charge in [-0.15, -0.1) is 0 Å². The zero-order valence-electron chi connectivity index (χ0n) is 10.4. The molecule has 1 heterocycles. The van der Waals surface area contributed by atoms with Crippen molar-refractivity contribution in [1.82, 2.24) is 9.78 Å². The third kappa shape index (κ3) is 2.26. The second kappa shape index (κ2) is 4.42. The third-order valence-corrected chi connectivity index (χ3v) is 3.37. The number of halogens is 2. The van der Waals surface area contributed by atoms with Gasteiger partial charge in [-0.05, 0) is 25.0 Å². The molecule has 1 aromatic carbocycles. The number of nitrogen functional groups attached to an aromatic ring is 1. The van der Waals surface area contributed by atoms with Gasteiger partial charge in [0.1, 0.15) is 17.4 Å². The van der Waals surface area contributed by atoms with E-state index >= 15 is 0 Å². The number of aromatic nitrogens is 2. The van der Waals surface area contributed by atoms with Crippen LogP contribution in [0.15, 0.2) is 18.3 Å². The van der Waals surface area contributed by atoms with E-state index in [0.29, 0.717) is 22.7 Å². The molecule has 0 unspecified atom stereocenters. The van der Waals surface area contributed by atoms with Crippen LogP contribution in [-0.4, -0.2) is 15.9 Å². The lowest BCUT2D eigenvalue weighted by Gasteiger charge is -2.12. The standard InChI is InChI=1S/C13H13ClFN3O/c1-18-13(16)10(6-17-18)9-4-7(15)5-11(14)12(9)19-8-2-3-8/h4-6,8H,2-3,16H2,1H3. The lowest BCUT2D eigenvalue weighted by molar-refractivity contribution is 0.304. The zero-order chi connectivity index (χ0) is 13.6. The van der Waals surface area contributed by atoms with Gasteiger partial charge in [0.25, 0.3) is 0 Å². The predicted molar refractivity (Wildman–Crippen MR) is 71.7 cm³/mol. The molecule has 1 fully saturated rings. The molecule has 1 aliphatic rings. The average molecular weight is 282 g/mol. The third-order valence-electron chi connectivity index (χ3n) is 3.09. The zero-order valence-corrected chi connectivity index (χ0v) is 11.1. The normalized spacial score (nSPS) is 14.7. The highest BCUT2D eigenvalue weighted by Crippen LogP contribution is 2.42. The minimum atomic E-state index is -0.425. The summed E-state index contributed by atoms with van der Waals surface area (Å²) >= 11 is 6.08. The van der Waals surface area contributed by atoms with Crippen LogP contribution in [0.1, 0.15) is 12.8 Å². The van der Waals surface area contributed by atoms with E-state index in [2.05, 4.69) is 5.10 Å². The minimum Gasteiger partial charge on any atom is -0.488 e. The van der Waals surface area contributed by atoms with Crippen molar-refractivity contribution in [2.45, 2.75) is 18.9 Å². The molecule has 100 valence electrons. The Bertz CT molecular complexity index is 637. The number of hydrogen-bond donors (Lipinski definition) is 1. The first-order valence-electron chi connectivity index (χ1n) is 6.00. The summed E-state index contributed by atoms with van der Waals surface area (Å²) in [6.07, 6.45) is 3.74. The molecule has 0 saturated heterocycles. The molecule has 0 amide bonds. The van der Waals surface area contributed by atoms with Gasteiger partial charge in [-0.2, -0.15) is 5.10 Å². The van der Waals surface area contributed by atoms with E-state index in [1.807, 2.05) is 0 Å². The molecule has 4 nitrogen and oxygen atoms in total. The predicted octanol–water partition coefficient (Wildman–Crippen LogP) is 3.00. The summed E-state index contributed by atoms with van der Waals surface area (Å²) in [5.74, 6) is 0.499. The van der Waals surface area contributed by atoms with Gasteiger partial charge in [0, 0.05) is 18.2 Å². The molecule has 2 aromatic rings. The molecule has 1 aromatic heterocycles. The molecule has 6 heteroatoms. The summed E-state index contributed by atoms with van der Waals surface area (Å²) in [7, 11) is 1.72. The van der Waals surface area contributed by atoms with E-state index < -0.39 is 5.82 Å². The van der Waals surface area contributed by atoms with E-state index in [9.17, 15) is 4.39 Å². The molecular weight excluding hydrogens is 269 g/mol. The van der Waals surface area contributed by atoms with E-state index in [4.69, 9.17) is 22.1 Å². The molecule has 0 radical (unpaired) electrons. The van der Waals surface area contributed by atoms with Gasteiger partial charge in [-0.25, -0.2) is 4.39 Å². The first-order valence-corrected chi connectivity index (χ1v) is 6.37. The van der Waals surface area contributed by atoms with E-state index in [-0.39, 0.29) is 11.1 Å². The quantitative estimate of drug-likeness (QED) is 0.941. The summed E-state index contributed by atoms with van der Waals surface area (Å²) in [6.45, 7) is 0. The molecule has 0 atom stereocenters. The SMILES string of the molecule is Cn1ncc(-c2cc(F)cc(Cl)c2OC2CC2)c1N. The first kappa shape index (κ1) is 12.3. The molecule has 1 aliphatic carbocycles. The lowest BCUT2D eigenvalue weighted by atomic mass is 10.1. The molecule has 0 bridgehead atoms.